The Morgan fingerprint density at radius 1 is 0.625 bits per heavy atom. The zero-order chi connectivity index (χ0) is 30.3. The van der Waals surface area contributed by atoms with Gasteiger partial charge >= 0.3 is 0 Å². The maximum atomic E-state index is 14.1. The first kappa shape index (κ1) is 29.3. The van der Waals surface area contributed by atoms with Crippen LogP contribution in [-0.4, -0.2) is 50.5 Å². The number of carbonyl (C=O) groups excluding carboxylic acids is 2. The third-order valence-electron chi connectivity index (χ3n) is 6.63. The molecule has 40 heavy (non-hydrogen) atoms. The number of rotatable bonds is 5. The topological polar surface area (TPSA) is 275 Å². The molecule has 0 unspecified atom stereocenters. The molecule has 0 aromatic heterocycles. The molecule has 17 heteroatoms. The van der Waals surface area contributed by atoms with Gasteiger partial charge in [0.15, 0.2) is 11.6 Å². The van der Waals surface area contributed by atoms with Gasteiger partial charge in [-0.15, -0.1) is 0 Å². The Morgan fingerprint density at radius 2 is 1.07 bits per heavy atom. The highest BCUT2D eigenvalue weighted by Crippen LogP contribution is 2.48. The van der Waals surface area contributed by atoms with E-state index in [2.05, 4.69) is 0 Å². The second kappa shape index (κ2) is 9.16. The lowest BCUT2D eigenvalue weighted by molar-refractivity contribution is 0.0975. The van der Waals surface area contributed by atoms with Crippen LogP contribution in [0, 0.1) is 13.8 Å². The number of fused-ring (bicyclic) bond motifs is 2. The molecule has 0 heterocycles. The average molecular weight is 612 g/mol. The van der Waals surface area contributed by atoms with Crippen molar-refractivity contribution in [3.63, 3.8) is 0 Å². The van der Waals surface area contributed by atoms with E-state index in [1.165, 1.54) is 0 Å². The molecule has 0 fully saturated rings. The summed E-state index contributed by atoms with van der Waals surface area (Å²) in [6, 6.07) is 4.14. The number of carbonyl (C=O) groups is 2. The maximum Gasteiger partial charge on any atom is 0.298 e. The molecule has 0 amide bonds. The van der Waals surface area contributed by atoms with Gasteiger partial charge in [-0.2, -0.15) is 25.3 Å². The van der Waals surface area contributed by atoms with Gasteiger partial charge in [0, 0.05) is 17.7 Å². The minimum absolute atomic E-state index is 0.0261. The summed E-state index contributed by atoms with van der Waals surface area (Å²) in [4.78, 5) is 24.4. The molecular weight excluding hydrogens is 590 g/mol. The van der Waals surface area contributed by atoms with Crippen LogP contribution < -0.4 is 17.2 Å². The third kappa shape index (κ3) is 4.27. The van der Waals surface area contributed by atoms with Crippen molar-refractivity contribution < 1.29 is 48.5 Å². The summed E-state index contributed by atoms with van der Waals surface area (Å²) in [6.45, 7) is 3.06. The van der Waals surface area contributed by atoms with E-state index in [0.717, 1.165) is 0 Å². The van der Waals surface area contributed by atoms with Crippen molar-refractivity contribution in [2.75, 3.05) is 11.5 Å². The minimum atomic E-state index is -5.31. The van der Waals surface area contributed by atoms with E-state index >= 15 is 0 Å². The Hall–Kier alpha value is -3.71. The Bertz CT molecular complexity index is 2030. The summed E-state index contributed by atoms with van der Waals surface area (Å²) in [5, 5.41) is 0. The molecule has 3 aromatic rings. The molecule has 3 aromatic carbocycles. The summed E-state index contributed by atoms with van der Waals surface area (Å²) in [6.07, 6.45) is 0. The highest BCUT2D eigenvalue weighted by molar-refractivity contribution is 7.86. The van der Waals surface area contributed by atoms with E-state index in [1.807, 2.05) is 0 Å². The summed E-state index contributed by atoms with van der Waals surface area (Å²) in [5.74, 6) is -2.90. The lowest BCUT2D eigenvalue weighted by atomic mass is 9.77. The van der Waals surface area contributed by atoms with Crippen molar-refractivity contribution >= 4 is 53.3 Å². The largest absolute Gasteiger partial charge is 0.397 e. The first-order chi connectivity index (χ1) is 18.2. The monoisotopic (exact) mass is 611 g/mol. The lowest BCUT2D eigenvalue weighted by Gasteiger charge is -2.28. The van der Waals surface area contributed by atoms with Crippen LogP contribution in [-0.2, 0) is 36.9 Å². The lowest BCUT2D eigenvalue weighted by Crippen LogP contribution is -2.29. The minimum Gasteiger partial charge on any atom is -0.397 e. The molecule has 9 N–H and O–H groups in total. The molecule has 14 nitrogen and oxygen atoms in total. The number of nitrogens with two attached hydrogens (primary N) is 3. The molecule has 0 saturated heterocycles. The van der Waals surface area contributed by atoms with Crippen LogP contribution in [0.2, 0.25) is 0 Å². The van der Waals surface area contributed by atoms with E-state index in [1.54, 1.807) is 26.0 Å². The molecule has 1 aliphatic rings. The number of nitrogen functional groups attached to an aromatic ring is 2. The van der Waals surface area contributed by atoms with Crippen LogP contribution in [0.3, 0.4) is 0 Å². The van der Waals surface area contributed by atoms with E-state index < -0.39 is 95.8 Å². The Kier molecular flexibility index (Phi) is 6.71. The number of hydrogen-bond donors (Lipinski definition) is 6. The summed E-state index contributed by atoms with van der Waals surface area (Å²) in [5.41, 5.74) is 13.1. The van der Waals surface area contributed by atoms with E-state index in [0.29, 0.717) is 28.8 Å². The molecule has 0 bridgehead atoms. The van der Waals surface area contributed by atoms with Gasteiger partial charge in [0.05, 0.1) is 28.1 Å². The van der Waals surface area contributed by atoms with Gasteiger partial charge in [-0.1, -0.05) is 12.1 Å². The van der Waals surface area contributed by atoms with Gasteiger partial charge in [0.25, 0.3) is 30.4 Å². The zero-order valence-corrected chi connectivity index (χ0v) is 23.0. The van der Waals surface area contributed by atoms with Crippen molar-refractivity contribution in [3.05, 3.63) is 63.2 Å². The fourth-order valence-electron chi connectivity index (χ4n) is 4.96. The second-order valence-corrected chi connectivity index (χ2v) is 13.1. The zero-order valence-electron chi connectivity index (χ0n) is 20.6. The Morgan fingerprint density at radius 3 is 1.50 bits per heavy atom. The predicted molar refractivity (Wildman–Crippen MR) is 141 cm³/mol. The molecular formula is C23H21N3O11S3. The second-order valence-electron chi connectivity index (χ2n) is 8.92. The van der Waals surface area contributed by atoms with Gasteiger partial charge in [0.1, 0.15) is 14.7 Å². The van der Waals surface area contributed by atoms with Crippen molar-refractivity contribution in [2.24, 2.45) is 5.73 Å². The first-order valence-electron chi connectivity index (χ1n) is 11.0. The summed E-state index contributed by atoms with van der Waals surface area (Å²) in [7, 11) is -15.9. The predicted octanol–water partition coefficient (Wildman–Crippen LogP) is 1.11. The van der Waals surface area contributed by atoms with Crippen LogP contribution in [0.25, 0.3) is 11.1 Å². The molecule has 212 valence electrons. The third-order valence-corrected chi connectivity index (χ3v) is 9.38. The standard InChI is InChI=1S/C23H21N3O11S3/c1-8-3-4-10(7-24)9(2)13(8)16-17-18(20(26)23(19(16)25)40(35,36)37)22(28)15-12(39(32,33)34)6-5-11(38(29,30)31)14(15)21(17)27/h3-6H,7,24-26H2,1-2H3,(H,29,30,31)(H,32,33,34)(H,35,36,37). The number of hydrogen-bond acceptors (Lipinski definition) is 11. The number of ketones is 2. The average Bonchev–Trinajstić information content (AvgIpc) is 2.80. The van der Waals surface area contributed by atoms with Crippen LogP contribution in [0.5, 0.6) is 0 Å². The smallest absolute Gasteiger partial charge is 0.298 e. The van der Waals surface area contributed by atoms with Crippen LogP contribution in [0.4, 0.5) is 11.4 Å². The fourth-order valence-corrected chi connectivity index (χ4v) is 7.10. The molecule has 0 atom stereocenters. The number of aryl methyl sites for hydroxylation is 1. The first-order valence-corrected chi connectivity index (χ1v) is 15.3. The van der Waals surface area contributed by atoms with Crippen molar-refractivity contribution in [3.8, 4) is 11.1 Å². The number of anilines is 2. The van der Waals surface area contributed by atoms with Crippen molar-refractivity contribution in [1.29, 1.82) is 0 Å². The van der Waals surface area contributed by atoms with Crippen LogP contribution in [0.1, 0.15) is 48.5 Å². The van der Waals surface area contributed by atoms with Gasteiger partial charge in [-0.3, -0.25) is 23.2 Å². The Labute approximate surface area is 228 Å². The molecule has 0 aliphatic heterocycles. The highest BCUT2D eigenvalue weighted by atomic mass is 32.2. The van der Waals surface area contributed by atoms with Gasteiger partial charge in [-0.05, 0) is 48.2 Å². The van der Waals surface area contributed by atoms with Crippen molar-refractivity contribution in [2.45, 2.75) is 35.1 Å². The van der Waals surface area contributed by atoms with Crippen molar-refractivity contribution in [1.82, 2.24) is 0 Å². The van der Waals surface area contributed by atoms with Gasteiger partial charge in [-0.25, -0.2) is 0 Å². The van der Waals surface area contributed by atoms with Gasteiger partial charge < -0.3 is 17.2 Å². The molecule has 0 spiro atoms. The normalized spacial score (nSPS) is 13.8. The molecule has 0 radical (unpaired) electrons. The quantitative estimate of drug-likeness (QED) is 0.136. The van der Waals surface area contributed by atoms with E-state index in [4.69, 9.17) is 17.2 Å². The highest BCUT2D eigenvalue weighted by Gasteiger charge is 2.44. The van der Waals surface area contributed by atoms with E-state index in [9.17, 15) is 48.5 Å². The van der Waals surface area contributed by atoms with Crippen LogP contribution >= 0.6 is 0 Å². The van der Waals surface area contributed by atoms with Gasteiger partial charge in [0.2, 0.25) is 0 Å². The molecule has 0 saturated carbocycles. The Balaban J connectivity index is 2.38. The maximum absolute atomic E-state index is 14.1. The number of benzene rings is 3. The van der Waals surface area contributed by atoms with Crippen LogP contribution in [0.15, 0.2) is 39.0 Å². The summed E-state index contributed by atoms with van der Waals surface area (Å²) < 4.78 is 103. The fraction of sp³-hybridized carbons (Fsp3) is 0.130. The SMILES string of the molecule is Cc1ccc(CN)c(C)c1-c1c(N)c(S(=O)(=O)O)c(N)c2c1C(=O)c1c(S(=O)(=O)O)ccc(S(=O)(=O)O)c1C2=O. The summed E-state index contributed by atoms with van der Waals surface area (Å²) >= 11 is 0. The van der Waals surface area contributed by atoms with E-state index in [-0.39, 0.29) is 12.1 Å². The molecule has 4 rings (SSSR count). The molecule has 1 aliphatic carbocycles.